The highest BCUT2D eigenvalue weighted by atomic mass is 79.9. The monoisotopic (exact) mass is 646 g/mol. The number of carbonyl (C=O) groups is 2. The van der Waals surface area contributed by atoms with Crippen LogP contribution in [0.1, 0.15) is 35.2 Å². The van der Waals surface area contributed by atoms with Crippen LogP contribution in [0.4, 0.5) is 26.3 Å². The molecule has 0 aromatic heterocycles. The highest BCUT2D eigenvalue weighted by Crippen LogP contribution is 2.29. The number of halogens is 8. The molecule has 12 heteroatoms. The molecule has 0 bridgehead atoms. The predicted octanol–water partition coefficient (Wildman–Crippen LogP) is 6.82. The van der Waals surface area contributed by atoms with Crippen LogP contribution in [0.15, 0.2) is 39.3 Å². The molecule has 0 saturated carbocycles. The molecular weight excluding hydrogens is 622 g/mol. The molecule has 2 aromatic carbocycles. The number of hydrogen-bond donors (Lipinski definition) is 1. The molecule has 0 aliphatic carbocycles. The number of aryl methyl sites for hydroxylation is 2. The first-order valence-electron chi connectivity index (χ1n) is 10.3. The van der Waals surface area contributed by atoms with Gasteiger partial charge in [-0.05, 0) is 78.8 Å². The van der Waals surface area contributed by atoms with Crippen molar-refractivity contribution in [3.63, 3.8) is 0 Å². The molecular formula is C24H26Br2F6N2O2. The van der Waals surface area contributed by atoms with Crippen LogP contribution < -0.4 is 5.32 Å². The van der Waals surface area contributed by atoms with Gasteiger partial charge in [0.25, 0.3) is 0 Å². The minimum atomic E-state index is -4.81. The van der Waals surface area contributed by atoms with Crippen molar-refractivity contribution in [2.24, 2.45) is 0 Å². The highest BCUT2D eigenvalue weighted by molar-refractivity contribution is 9.10. The lowest BCUT2D eigenvalue weighted by Crippen LogP contribution is -2.43. The van der Waals surface area contributed by atoms with Crippen molar-refractivity contribution >= 4 is 43.7 Å². The van der Waals surface area contributed by atoms with Gasteiger partial charge in [-0.3, -0.25) is 9.59 Å². The van der Waals surface area contributed by atoms with Crippen LogP contribution >= 0.6 is 31.9 Å². The third-order valence-corrected chi connectivity index (χ3v) is 6.25. The molecule has 0 fully saturated rings. The van der Waals surface area contributed by atoms with Gasteiger partial charge < -0.3 is 10.2 Å². The van der Waals surface area contributed by atoms with Crippen molar-refractivity contribution in [1.29, 1.82) is 0 Å². The minimum Gasteiger partial charge on any atom is -0.348 e. The topological polar surface area (TPSA) is 49.4 Å². The van der Waals surface area contributed by atoms with Gasteiger partial charge in [0.1, 0.15) is 0 Å². The van der Waals surface area contributed by atoms with Crippen molar-refractivity contribution in [3.05, 3.63) is 67.1 Å². The Kier molecular flexibility index (Phi) is 11.5. The Morgan fingerprint density at radius 1 is 0.944 bits per heavy atom. The second-order valence-corrected chi connectivity index (χ2v) is 9.74. The third kappa shape index (κ3) is 9.10. The number of nitrogens with zero attached hydrogens (tertiary/aromatic N) is 1. The molecule has 0 radical (unpaired) electrons. The number of carbonyl (C=O) groups excluding carboxylic acids is 2. The first-order chi connectivity index (χ1) is 16.1. The van der Waals surface area contributed by atoms with Gasteiger partial charge in [0.15, 0.2) is 0 Å². The summed E-state index contributed by atoms with van der Waals surface area (Å²) in [4.78, 5) is 22.6. The summed E-state index contributed by atoms with van der Waals surface area (Å²) in [5.41, 5.74) is 4.75. The van der Waals surface area contributed by atoms with Gasteiger partial charge in [-0.15, -0.1) is 0 Å². The first-order valence-corrected chi connectivity index (χ1v) is 11.9. The molecule has 0 atom stereocenters. The van der Waals surface area contributed by atoms with Crippen LogP contribution in [0.5, 0.6) is 0 Å². The Labute approximate surface area is 222 Å². The van der Waals surface area contributed by atoms with Gasteiger partial charge in [-0.2, -0.15) is 26.3 Å². The molecule has 200 valence electrons. The third-order valence-electron chi connectivity index (χ3n) is 5.29. The molecule has 1 aliphatic heterocycles. The molecule has 0 saturated heterocycles. The second kappa shape index (κ2) is 12.9. The zero-order valence-corrected chi connectivity index (χ0v) is 21.9. The van der Waals surface area contributed by atoms with Crippen LogP contribution in [0.2, 0.25) is 0 Å². The number of amides is 2. The molecule has 0 spiro atoms. The quantitative estimate of drug-likeness (QED) is 0.372. The molecule has 1 heterocycles. The van der Waals surface area contributed by atoms with Crippen LogP contribution in [0.25, 0.3) is 0 Å². The Bertz CT molecular complexity index is 1090. The maximum absolute atomic E-state index is 12.4. The molecule has 2 aromatic rings. The van der Waals surface area contributed by atoms with Crippen LogP contribution in [0, 0.1) is 13.8 Å². The summed E-state index contributed by atoms with van der Waals surface area (Å²) in [5.74, 6) is -3.65. The normalized spacial score (nSPS) is 13.1. The van der Waals surface area contributed by atoms with Gasteiger partial charge in [-0.25, -0.2) is 0 Å². The molecule has 3 rings (SSSR count). The van der Waals surface area contributed by atoms with Gasteiger partial charge in [-0.1, -0.05) is 45.4 Å². The number of benzene rings is 2. The summed E-state index contributed by atoms with van der Waals surface area (Å²) >= 11 is 6.61. The largest absolute Gasteiger partial charge is 0.471 e. The highest BCUT2D eigenvalue weighted by Gasteiger charge is 2.43. The molecule has 36 heavy (non-hydrogen) atoms. The van der Waals surface area contributed by atoms with E-state index in [4.69, 9.17) is 0 Å². The van der Waals surface area contributed by atoms with Gasteiger partial charge in [0.05, 0.1) is 0 Å². The zero-order chi connectivity index (χ0) is 26.6. The van der Waals surface area contributed by atoms with Crippen molar-refractivity contribution in [1.82, 2.24) is 10.2 Å². The smallest absolute Gasteiger partial charge is 0.348 e. The van der Waals surface area contributed by atoms with Crippen molar-refractivity contribution < 1.29 is 35.9 Å². The average Bonchev–Trinajstić information content (AvgIpc) is 2.73. The fraction of sp³-hybridized carbons (Fsp3) is 0.417. The van der Waals surface area contributed by atoms with E-state index in [0.29, 0.717) is 12.8 Å². The van der Waals surface area contributed by atoms with E-state index in [1.807, 2.05) is 43.4 Å². The summed E-state index contributed by atoms with van der Waals surface area (Å²) < 4.78 is 74.5. The lowest BCUT2D eigenvalue weighted by Gasteiger charge is -2.30. The average molecular weight is 648 g/mol. The first kappa shape index (κ1) is 31.9. The maximum atomic E-state index is 12.4. The Morgan fingerprint density at radius 3 is 2.11 bits per heavy atom. The van der Waals surface area contributed by atoms with E-state index >= 15 is 0 Å². The summed E-state index contributed by atoms with van der Waals surface area (Å²) in [6.07, 6.45) is -8.76. The Hall–Kier alpha value is -2.08. The van der Waals surface area contributed by atoms with Crippen LogP contribution in [0.3, 0.4) is 0 Å². The number of hydrogen-bond acceptors (Lipinski definition) is 2. The minimum absolute atomic E-state index is 0. The van der Waals surface area contributed by atoms with E-state index < -0.39 is 24.2 Å². The summed E-state index contributed by atoms with van der Waals surface area (Å²) in [6.45, 7) is 3.90. The van der Waals surface area contributed by atoms with E-state index in [1.165, 1.54) is 0 Å². The van der Waals surface area contributed by atoms with Crippen molar-refractivity contribution in [2.75, 3.05) is 13.1 Å². The Balaban J connectivity index is 0.000000351. The van der Waals surface area contributed by atoms with E-state index in [0.717, 1.165) is 41.7 Å². The molecule has 4 nitrogen and oxygen atoms in total. The molecule has 1 aliphatic rings. The van der Waals surface area contributed by atoms with E-state index in [9.17, 15) is 35.9 Å². The number of nitrogens with one attached hydrogen (secondary N) is 1. The SMILES string of the molecule is C.Cc1cc(Br)cc2c1CCN(C(=O)C(F)(F)F)C2.Cc1cc(Br)ccc1CCNC(=O)C(F)(F)F. The summed E-state index contributed by atoms with van der Waals surface area (Å²) in [5, 5.41) is 1.84. The van der Waals surface area contributed by atoms with E-state index in [-0.39, 0.29) is 27.1 Å². The fourth-order valence-corrected chi connectivity index (χ4v) is 4.67. The number of alkyl halides is 6. The second-order valence-electron chi connectivity index (χ2n) is 7.91. The lowest BCUT2D eigenvalue weighted by molar-refractivity contribution is -0.186. The molecule has 0 unspecified atom stereocenters. The van der Waals surface area contributed by atoms with Crippen LogP contribution in [-0.4, -0.2) is 42.2 Å². The predicted molar refractivity (Wildman–Crippen MR) is 132 cm³/mol. The van der Waals surface area contributed by atoms with Gasteiger partial charge in [0.2, 0.25) is 0 Å². The summed E-state index contributed by atoms with van der Waals surface area (Å²) in [7, 11) is 0. The maximum Gasteiger partial charge on any atom is 0.471 e. The zero-order valence-electron chi connectivity index (χ0n) is 18.7. The van der Waals surface area contributed by atoms with Crippen molar-refractivity contribution in [2.45, 2.75) is 53.0 Å². The van der Waals surface area contributed by atoms with E-state index in [1.54, 1.807) is 6.07 Å². The van der Waals surface area contributed by atoms with Gasteiger partial charge in [0, 0.05) is 28.6 Å². The standard InChI is InChI=1S/C12H11BrF3NO.C11H11BrF3NO.CH4/c1-7-4-9(13)5-8-6-17(3-2-10(7)8)11(18)12(14,15)16;1-7-6-9(12)3-2-8(7)4-5-16-10(17)11(13,14)15;/h4-5H,2-3,6H2,1H3;2-3,6H,4-5H2,1H3,(H,16,17);1H4. The van der Waals surface area contributed by atoms with E-state index in [2.05, 4.69) is 31.9 Å². The van der Waals surface area contributed by atoms with Crippen molar-refractivity contribution in [3.8, 4) is 0 Å². The van der Waals surface area contributed by atoms with Crippen LogP contribution in [-0.2, 0) is 29.0 Å². The molecule has 2 amide bonds. The Morgan fingerprint density at radius 2 is 1.56 bits per heavy atom. The van der Waals surface area contributed by atoms with Gasteiger partial charge >= 0.3 is 24.2 Å². The lowest BCUT2D eigenvalue weighted by atomic mass is 9.95. The number of rotatable bonds is 3. The summed E-state index contributed by atoms with van der Waals surface area (Å²) in [6, 6.07) is 9.21. The molecule has 1 N–H and O–H groups in total. The number of fused-ring (bicyclic) bond motifs is 1. The fourth-order valence-electron chi connectivity index (χ4n) is 3.58.